The Morgan fingerprint density at radius 3 is 2.22 bits per heavy atom. The molecule has 0 bridgehead atoms. The van der Waals surface area contributed by atoms with Crippen molar-refractivity contribution in [2.24, 2.45) is 11.7 Å². The third kappa shape index (κ3) is 6.08. The fourth-order valence-electron chi connectivity index (χ4n) is 4.19. The summed E-state index contributed by atoms with van der Waals surface area (Å²) in [6, 6.07) is 25.3. The number of hydrogen-bond donors (Lipinski definition) is 1. The number of benzene rings is 3. The highest BCUT2D eigenvalue weighted by Gasteiger charge is 2.20. The summed E-state index contributed by atoms with van der Waals surface area (Å²) in [5.74, 6) is 0.646. The van der Waals surface area contributed by atoms with Crippen molar-refractivity contribution in [1.29, 1.82) is 0 Å². The summed E-state index contributed by atoms with van der Waals surface area (Å²) in [7, 11) is 0. The van der Waals surface area contributed by atoms with E-state index >= 15 is 0 Å². The van der Waals surface area contributed by atoms with E-state index in [1.54, 1.807) is 6.92 Å². The van der Waals surface area contributed by atoms with Crippen LogP contribution in [0.3, 0.4) is 0 Å². The molecule has 0 radical (unpaired) electrons. The number of aryl methyl sites for hydroxylation is 1. The van der Waals surface area contributed by atoms with Crippen LogP contribution in [-0.4, -0.2) is 12.5 Å². The average molecular weight is 429 g/mol. The second kappa shape index (κ2) is 11.6. The topological polar surface area (TPSA) is 46.3 Å². The monoisotopic (exact) mass is 428 g/mol. The smallest absolute Gasteiger partial charge is 0.224 e. The van der Waals surface area contributed by atoms with E-state index in [4.69, 9.17) is 5.73 Å². The standard InChI is InChI=1S/C26H28N2O.C3H8/c1-19(29)28(26-14-13-24-15-21(17-27)9-12-25(24)16-26)18-20-7-10-23(11-8-20)22-5-3-2-4-6-22;1-3-2/h2-8,10-11,13-14,16,21H,9,12,15,17-18,27H2,1H3;3H2,1-2H3. The summed E-state index contributed by atoms with van der Waals surface area (Å²) in [5.41, 5.74) is 13.1. The largest absolute Gasteiger partial charge is 0.330 e. The van der Waals surface area contributed by atoms with Gasteiger partial charge < -0.3 is 10.6 Å². The minimum Gasteiger partial charge on any atom is -0.330 e. The van der Waals surface area contributed by atoms with Crippen LogP contribution < -0.4 is 10.6 Å². The van der Waals surface area contributed by atoms with Gasteiger partial charge >= 0.3 is 0 Å². The zero-order chi connectivity index (χ0) is 22.9. The maximum Gasteiger partial charge on any atom is 0.224 e. The lowest BCUT2D eigenvalue weighted by molar-refractivity contribution is -0.116. The van der Waals surface area contributed by atoms with Crippen molar-refractivity contribution in [1.82, 2.24) is 0 Å². The quantitative estimate of drug-likeness (QED) is 0.512. The van der Waals surface area contributed by atoms with Crippen LogP contribution in [0.15, 0.2) is 72.8 Å². The van der Waals surface area contributed by atoms with E-state index < -0.39 is 0 Å². The molecule has 3 heteroatoms. The Morgan fingerprint density at radius 2 is 1.59 bits per heavy atom. The first-order chi connectivity index (χ1) is 15.5. The Bertz CT molecular complexity index is 995. The number of carbonyl (C=O) groups excluding carboxylic acids is 1. The van der Waals surface area contributed by atoms with E-state index in [0.29, 0.717) is 12.5 Å². The molecule has 32 heavy (non-hydrogen) atoms. The van der Waals surface area contributed by atoms with Gasteiger partial charge in [-0.05, 0) is 71.7 Å². The van der Waals surface area contributed by atoms with Crippen LogP contribution in [0.5, 0.6) is 0 Å². The second-order valence-electron chi connectivity index (χ2n) is 8.67. The summed E-state index contributed by atoms with van der Waals surface area (Å²) in [6.45, 7) is 7.22. The molecule has 4 rings (SSSR count). The van der Waals surface area contributed by atoms with Crippen molar-refractivity contribution in [2.75, 3.05) is 11.4 Å². The van der Waals surface area contributed by atoms with Gasteiger partial charge in [-0.2, -0.15) is 0 Å². The summed E-state index contributed by atoms with van der Waals surface area (Å²) < 4.78 is 0. The fourth-order valence-corrected chi connectivity index (χ4v) is 4.19. The van der Waals surface area contributed by atoms with Crippen molar-refractivity contribution >= 4 is 11.6 Å². The van der Waals surface area contributed by atoms with E-state index in [9.17, 15) is 4.79 Å². The molecule has 3 aromatic rings. The molecule has 2 N–H and O–H groups in total. The fraction of sp³-hybridized carbons (Fsp3) is 0.345. The lowest BCUT2D eigenvalue weighted by atomic mass is 9.83. The Kier molecular flexibility index (Phi) is 8.64. The van der Waals surface area contributed by atoms with E-state index in [0.717, 1.165) is 37.1 Å². The zero-order valence-electron chi connectivity index (χ0n) is 19.7. The molecule has 1 unspecified atom stereocenters. The maximum atomic E-state index is 12.4. The molecular formula is C29H36N2O. The van der Waals surface area contributed by atoms with Gasteiger partial charge in [-0.3, -0.25) is 4.79 Å². The third-order valence-corrected chi connectivity index (χ3v) is 5.95. The van der Waals surface area contributed by atoms with Crippen LogP contribution in [0.4, 0.5) is 5.69 Å². The Morgan fingerprint density at radius 1 is 0.938 bits per heavy atom. The molecule has 0 saturated heterocycles. The Balaban J connectivity index is 0.000000913. The second-order valence-corrected chi connectivity index (χ2v) is 8.67. The lowest BCUT2D eigenvalue weighted by Crippen LogP contribution is -2.28. The molecule has 0 heterocycles. The summed E-state index contributed by atoms with van der Waals surface area (Å²) in [5, 5.41) is 0. The molecule has 3 nitrogen and oxygen atoms in total. The van der Waals surface area contributed by atoms with Gasteiger partial charge in [0.25, 0.3) is 0 Å². The van der Waals surface area contributed by atoms with Gasteiger partial charge in [0.2, 0.25) is 5.91 Å². The van der Waals surface area contributed by atoms with Gasteiger partial charge in [0.15, 0.2) is 0 Å². The average Bonchev–Trinajstić information content (AvgIpc) is 2.83. The predicted octanol–water partition coefficient (Wildman–Crippen LogP) is 6.39. The molecule has 0 aromatic heterocycles. The molecule has 1 aliphatic rings. The minimum absolute atomic E-state index is 0.0627. The number of rotatable bonds is 5. The van der Waals surface area contributed by atoms with Crippen molar-refractivity contribution in [2.45, 2.75) is 53.0 Å². The highest BCUT2D eigenvalue weighted by atomic mass is 16.2. The van der Waals surface area contributed by atoms with Crippen LogP contribution in [0.2, 0.25) is 0 Å². The van der Waals surface area contributed by atoms with Crippen LogP contribution in [0.1, 0.15) is 50.3 Å². The number of amides is 1. The molecule has 0 spiro atoms. The molecule has 168 valence electrons. The zero-order valence-corrected chi connectivity index (χ0v) is 19.7. The van der Waals surface area contributed by atoms with Gasteiger partial charge in [-0.25, -0.2) is 0 Å². The van der Waals surface area contributed by atoms with Crippen LogP contribution >= 0.6 is 0 Å². The first kappa shape index (κ1) is 23.7. The van der Waals surface area contributed by atoms with Crippen LogP contribution in [0, 0.1) is 5.92 Å². The van der Waals surface area contributed by atoms with Crippen molar-refractivity contribution in [3.63, 3.8) is 0 Å². The van der Waals surface area contributed by atoms with Gasteiger partial charge in [0.1, 0.15) is 0 Å². The van der Waals surface area contributed by atoms with Crippen LogP contribution in [0.25, 0.3) is 11.1 Å². The molecule has 1 atom stereocenters. The van der Waals surface area contributed by atoms with Crippen LogP contribution in [-0.2, 0) is 24.2 Å². The minimum atomic E-state index is 0.0627. The molecular weight excluding hydrogens is 392 g/mol. The summed E-state index contributed by atoms with van der Waals surface area (Å²) >= 11 is 0. The van der Waals surface area contributed by atoms with E-state index in [1.807, 2.05) is 23.1 Å². The van der Waals surface area contributed by atoms with Gasteiger partial charge in [-0.15, -0.1) is 0 Å². The van der Waals surface area contributed by atoms with Gasteiger partial charge in [0, 0.05) is 12.6 Å². The highest BCUT2D eigenvalue weighted by Crippen LogP contribution is 2.30. The van der Waals surface area contributed by atoms with Crippen molar-refractivity contribution in [3.05, 3.63) is 89.5 Å². The van der Waals surface area contributed by atoms with E-state index in [-0.39, 0.29) is 5.91 Å². The molecule has 3 aromatic carbocycles. The summed E-state index contributed by atoms with van der Waals surface area (Å²) in [6.07, 6.45) is 4.48. The molecule has 1 amide bonds. The molecule has 0 fully saturated rings. The number of carbonyl (C=O) groups is 1. The SMILES string of the molecule is CC(=O)N(Cc1ccc(-c2ccccc2)cc1)c1ccc2c(c1)CCC(CN)C2.CCC. The number of anilines is 1. The highest BCUT2D eigenvalue weighted by molar-refractivity contribution is 5.91. The first-order valence-corrected chi connectivity index (χ1v) is 11.8. The lowest BCUT2D eigenvalue weighted by Gasteiger charge is -2.27. The Labute approximate surface area is 193 Å². The predicted molar refractivity (Wildman–Crippen MR) is 136 cm³/mol. The molecule has 1 aliphatic carbocycles. The number of fused-ring (bicyclic) bond motifs is 1. The Hall–Kier alpha value is -2.91. The van der Waals surface area contributed by atoms with E-state index in [1.165, 1.54) is 28.7 Å². The number of nitrogens with two attached hydrogens (primary N) is 1. The normalized spacial score (nSPS) is 14.7. The van der Waals surface area contributed by atoms with Gasteiger partial charge in [0.05, 0.1) is 6.54 Å². The molecule has 0 aliphatic heterocycles. The number of nitrogens with zero attached hydrogens (tertiary/aromatic N) is 1. The summed E-state index contributed by atoms with van der Waals surface area (Å²) in [4.78, 5) is 14.3. The number of hydrogen-bond acceptors (Lipinski definition) is 2. The van der Waals surface area contributed by atoms with Gasteiger partial charge in [-0.1, -0.05) is 80.9 Å². The van der Waals surface area contributed by atoms with Crippen molar-refractivity contribution < 1.29 is 4.79 Å². The molecule has 0 saturated carbocycles. The first-order valence-electron chi connectivity index (χ1n) is 11.8. The van der Waals surface area contributed by atoms with E-state index in [2.05, 4.69) is 68.4 Å². The maximum absolute atomic E-state index is 12.4. The van der Waals surface area contributed by atoms with Crippen molar-refractivity contribution in [3.8, 4) is 11.1 Å². The third-order valence-electron chi connectivity index (χ3n) is 5.95.